The molecule has 2 amide bonds. The van der Waals surface area contributed by atoms with Gasteiger partial charge in [-0.1, -0.05) is 6.07 Å². The Morgan fingerprint density at radius 1 is 1.12 bits per heavy atom. The van der Waals surface area contributed by atoms with Crippen molar-refractivity contribution in [3.8, 4) is 0 Å². The number of pyridine rings is 1. The maximum Gasteiger partial charge on any atom is 0.240 e. The molecule has 1 atom stereocenters. The van der Waals surface area contributed by atoms with Crippen LogP contribution in [0.3, 0.4) is 0 Å². The van der Waals surface area contributed by atoms with Gasteiger partial charge in [-0.25, -0.2) is 13.1 Å². The number of anilines is 1. The number of fused-ring (bicyclic) bond motifs is 1. The topological polar surface area (TPSA) is 108 Å². The predicted molar refractivity (Wildman–Crippen MR) is 129 cm³/mol. The van der Waals surface area contributed by atoms with E-state index in [1.807, 2.05) is 25.1 Å². The van der Waals surface area contributed by atoms with Gasteiger partial charge in [0.05, 0.1) is 17.1 Å². The monoisotopic (exact) mass is 484 g/mol. The van der Waals surface area contributed by atoms with Crippen LogP contribution in [0.1, 0.15) is 50.8 Å². The van der Waals surface area contributed by atoms with Crippen LogP contribution >= 0.6 is 0 Å². The molecular weight excluding hydrogens is 452 g/mol. The SMILES string of the molecule is CC(=O)N1c2ccc(S(=O)(=O)NCC3CCC(C(=O)NCc4ccccn4)CC3)cc2C[C@H]1C. The lowest BCUT2D eigenvalue weighted by Crippen LogP contribution is -2.36. The second kappa shape index (κ2) is 10.2. The molecule has 9 heteroatoms. The summed E-state index contributed by atoms with van der Waals surface area (Å²) >= 11 is 0. The fraction of sp³-hybridized carbons (Fsp3) is 0.480. The third-order valence-electron chi connectivity index (χ3n) is 6.87. The zero-order valence-corrected chi connectivity index (χ0v) is 20.5. The number of nitrogens with zero attached hydrogens (tertiary/aromatic N) is 2. The lowest BCUT2D eigenvalue weighted by molar-refractivity contribution is -0.126. The minimum atomic E-state index is -3.65. The van der Waals surface area contributed by atoms with Crippen molar-refractivity contribution >= 4 is 27.5 Å². The number of carbonyl (C=O) groups is 2. The highest BCUT2D eigenvalue weighted by atomic mass is 32.2. The molecule has 34 heavy (non-hydrogen) atoms. The predicted octanol–water partition coefficient (Wildman–Crippen LogP) is 2.78. The number of amides is 2. The molecule has 2 aliphatic rings. The Bertz CT molecular complexity index is 1140. The van der Waals surface area contributed by atoms with Gasteiger partial charge in [-0.3, -0.25) is 14.6 Å². The van der Waals surface area contributed by atoms with Crippen molar-refractivity contribution < 1.29 is 18.0 Å². The molecular formula is C25H32N4O4S. The standard InChI is InChI=1S/C25H32N4O4S/c1-17-13-21-14-23(10-11-24(21)29(17)18(2)30)34(32,33)28-15-19-6-8-20(9-7-19)25(31)27-16-22-5-3-4-12-26-22/h3-5,10-12,14,17,19-20,28H,6-9,13,15-16H2,1-2H3,(H,27,31)/t17-,19?,20?/m1/s1. The lowest BCUT2D eigenvalue weighted by atomic mass is 9.81. The fourth-order valence-corrected chi connectivity index (χ4v) is 6.19. The summed E-state index contributed by atoms with van der Waals surface area (Å²) in [4.78, 5) is 30.6. The van der Waals surface area contributed by atoms with Crippen molar-refractivity contribution in [2.24, 2.45) is 11.8 Å². The maximum atomic E-state index is 12.9. The van der Waals surface area contributed by atoms with E-state index in [-0.39, 0.29) is 34.6 Å². The third kappa shape index (κ3) is 5.47. The summed E-state index contributed by atoms with van der Waals surface area (Å²) in [6.45, 7) is 4.26. The Balaban J connectivity index is 1.27. The molecule has 1 aliphatic heterocycles. The zero-order valence-electron chi connectivity index (χ0n) is 19.7. The number of hydrogen-bond donors (Lipinski definition) is 2. The molecule has 1 aromatic heterocycles. The molecule has 1 fully saturated rings. The number of benzene rings is 1. The summed E-state index contributed by atoms with van der Waals surface area (Å²) < 4.78 is 28.6. The summed E-state index contributed by atoms with van der Waals surface area (Å²) in [6.07, 6.45) is 5.46. The van der Waals surface area contributed by atoms with Crippen LogP contribution in [-0.4, -0.2) is 37.8 Å². The molecule has 182 valence electrons. The van der Waals surface area contributed by atoms with Gasteiger partial charge in [0, 0.05) is 37.3 Å². The van der Waals surface area contributed by atoms with Gasteiger partial charge in [0.2, 0.25) is 21.8 Å². The molecule has 1 saturated carbocycles. The summed E-state index contributed by atoms with van der Waals surface area (Å²) in [5.74, 6) is 0.161. The van der Waals surface area contributed by atoms with Crippen molar-refractivity contribution in [3.05, 3.63) is 53.9 Å². The van der Waals surface area contributed by atoms with Gasteiger partial charge in [-0.2, -0.15) is 0 Å². The van der Waals surface area contributed by atoms with Crippen LogP contribution in [0.2, 0.25) is 0 Å². The number of carbonyl (C=O) groups excluding carboxylic acids is 2. The number of aromatic nitrogens is 1. The number of sulfonamides is 1. The number of nitrogens with one attached hydrogen (secondary N) is 2. The molecule has 2 aromatic rings. The van der Waals surface area contributed by atoms with Crippen molar-refractivity contribution in [3.63, 3.8) is 0 Å². The van der Waals surface area contributed by atoms with Crippen molar-refractivity contribution in [2.45, 2.75) is 63.4 Å². The first-order valence-electron chi connectivity index (χ1n) is 11.8. The molecule has 0 spiro atoms. The van der Waals surface area contributed by atoms with Gasteiger partial charge in [-0.15, -0.1) is 0 Å². The molecule has 1 aromatic carbocycles. The Hall–Kier alpha value is -2.78. The van der Waals surface area contributed by atoms with E-state index in [1.165, 1.54) is 6.92 Å². The average molecular weight is 485 g/mol. The minimum Gasteiger partial charge on any atom is -0.350 e. The van der Waals surface area contributed by atoms with Crippen LogP contribution < -0.4 is 14.9 Å². The van der Waals surface area contributed by atoms with Crippen molar-refractivity contribution in [1.82, 2.24) is 15.0 Å². The van der Waals surface area contributed by atoms with E-state index in [0.29, 0.717) is 19.5 Å². The Morgan fingerprint density at radius 3 is 2.56 bits per heavy atom. The quantitative estimate of drug-likeness (QED) is 0.628. The van der Waals surface area contributed by atoms with E-state index in [1.54, 1.807) is 29.3 Å². The van der Waals surface area contributed by atoms with Crippen molar-refractivity contribution in [1.29, 1.82) is 0 Å². The van der Waals surface area contributed by atoms with E-state index in [9.17, 15) is 18.0 Å². The normalized spacial score (nSPS) is 22.3. The van der Waals surface area contributed by atoms with Crippen LogP contribution in [0.5, 0.6) is 0 Å². The minimum absolute atomic E-state index is 0.0229. The van der Waals surface area contributed by atoms with Gasteiger partial charge in [0.15, 0.2) is 0 Å². The van der Waals surface area contributed by atoms with E-state index < -0.39 is 10.0 Å². The Kier molecular flexibility index (Phi) is 7.33. The fourth-order valence-electron chi connectivity index (χ4n) is 5.02. The summed E-state index contributed by atoms with van der Waals surface area (Å²) in [5.41, 5.74) is 2.50. The van der Waals surface area contributed by atoms with Crippen LogP contribution in [-0.2, 0) is 32.6 Å². The second-order valence-electron chi connectivity index (χ2n) is 9.34. The zero-order chi connectivity index (χ0) is 24.3. The number of rotatable bonds is 7. The van der Waals surface area contributed by atoms with Gasteiger partial charge in [0.25, 0.3) is 0 Å². The molecule has 0 radical (unpaired) electrons. The first-order chi connectivity index (χ1) is 16.2. The van der Waals surface area contributed by atoms with E-state index in [0.717, 1.165) is 42.6 Å². The van der Waals surface area contributed by atoms with Crippen LogP contribution in [0.4, 0.5) is 5.69 Å². The largest absolute Gasteiger partial charge is 0.350 e. The molecule has 4 rings (SSSR count). The first kappa shape index (κ1) is 24.3. The van der Waals surface area contributed by atoms with Crippen LogP contribution in [0.25, 0.3) is 0 Å². The molecule has 0 saturated heterocycles. The molecule has 0 bridgehead atoms. The smallest absolute Gasteiger partial charge is 0.240 e. The van der Waals surface area contributed by atoms with E-state index in [4.69, 9.17) is 0 Å². The molecule has 0 unspecified atom stereocenters. The van der Waals surface area contributed by atoms with Crippen LogP contribution in [0.15, 0.2) is 47.5 Å². The molecule has 1 aliphatic carbocycles. The lowest BCUT2D eigenvalue weighted by Gasteiger charge is -2.27. The average Bonchev–Trinajstić information content (AvgIpc) is 3.17. The van der Waals surface area contributed by atoms with Gasteiger partial charge in [0.1, 0.15) is 0 Å². The Morgan fingerprint density at radius 2 is 1.88 bits per heavy atom. The van der Waals surface area contributed by atoms with E-state index in [2.05, 4.69) is 15.0 Å². The molecule has 2 N–H and O–H groups in total. The highest BCUT2D eigenvalue weighted by Crippen LogP contribution is 2.34. The Labute approximate surface area is 201 Å². The number of hydrogen-bond acceptors (Lipinski definition) is 5. The van der Waals surface area contributed by atoms with Gasteiger partial charge in [-0.05, 0) is 80.8 Å². The molecule has 2 heterocycles. The third-order valence-corrected chi connectivity index (χ3v) is 8.29. The van der Waals surface area contributed by atoms with Gasteiger partial charge >= 0.3 is 0 Å². The second-order valence-corrected chi connectivity index (χ2v) is 11.1. The maximum absolute atomic E-state index is 12.9. The van der Waals surface area contributed by atoms with Crippen molar-refractivity contribution in [2.75, 3.05) is 11.4 Å². The molecule has 8 nitrogen and oxygen atoms in total. The van der Waals surface area contributed by atoms with Gasteiger partial charge < -0.3 is 10.2 Å². The highest BCUT2D eigenvalue weighted by molar-refractivity contribution is 7.89. The van der Waals surface area contributed by atoms with E-state index >= 15 is 0 Å². The summed E-state index contributed by atoms with van der Waals surface area (Å²) in [5, 5.41) is 2.96. The first-order valence-corrected chi connectivity index (χ1v) is 13.3. The summed E-state index contributed by atoms with van der Waals surface area (Å²) in [6, 6.07) is 10.6. The van der Waals surface area contributed by atoms with Crippen LogP contribution in [0, 0.1) is 11.8 Å². The summed E-state index contributed by atoms with van der Waals surface area (Å²) in [7, 11) is -3.65. The highest BCUT2D eigenvalue weighted by Gasteiger charge is 2.31.